The molecule has 0 aromatic carbocycles. The van der Waals surface area contributed by atoms with E-state index in [9.17, 15) is 9.59 Å². The van der Waals surface area contributed by atoms with E-state index in [4.69, 9.17) is 15.4 Å². The first-order valence-electron chi connectivity index (χ1n) is 7.76. The highest BCUT2D eigenvalue weighted by atomic mass is 16.6. The summed E-state index contributed by atoms with van der Waals surface area (Å²) in [6, 6.07) is 3.18. The molecule has 25 heavy (non-hydrogen) atoms. The van der Waals surface area contributed by atoms with Gasteiger partial charge < -0.3 is 19.6 Å². The summed E-state index contributed by atoms with van der Waals surface area (Å²) in [5.74, 6) is 0.716. The zero-order valence-electron chi connectivity index (χ0n) is 13.4. The molecule has 0 aliphatic carbocycles. The fourth-order valence-electron chi connectivity index (χ4n) is 2.88. The lowest BCUT2D eigenvalue weighted by Crippen LogP contribution is -2.48. The van der Waals surface area contributed by atoms with Gasteiger partial charge in [0.15, 0.2) is 0 Å². The molecule has 0 bridgehead atoms. The number of pyridine rings is 1. The molecule has 1 aromatic heterocycles. The molecule has 2 amide bonds. The predicted molar refractivity (Wildman–Crippen MR) is 87.7 cm³/mol. The number of ether oxygens (including phenoxy) is 1. The van der Waals surface area contributed by atoms with Crippen molar-refractivity contribution < 1.29 is 19.4 Å². The van der Waals surface area contributed by atoms with Gasteiger partial charge in [0.2, 0.25) is 0 Å². The average Bonchev–Trinajstić information content (AvgIpc) is 3.00. The maximum atomic E-state index is 11.9. The third-order valence-corrected chi connectivity index (χ3v) is 4.20. The molecule has 2 aliphatic heterocycles. The van der Waals surface area contributed by atoms with Crippen LogP contribution in [0.2, 0.25) is 0 Å². The van der Waals surface area contributed by atoms with Crippen molar-refractivity contribution in [1.82, 2.24) is 9.88 Å². The topological polar surface area (TPSA) is 135 Å². The van der Waals surface area contributed by atoms with Gasteiger partial charge in [-0.1, -0.05) is 5.11 Å². The second-order valence-corrected chi connectivity index (χ2v) is 5.65. The monoisotopic (exact) mass is 347 g/mol. The number of rotatable bonds is 4. The van der Waals surface area contributed by atoms with E-state index < -0.39 is 12.2 Å². The van der Waals surface area contributed by atoms with Crippen molar-refractivity contribution >= 4 is 23.7 Å². The molecule has 3 rings (SSSR count). The molecule has 2 fully saturated rings. The second kappa shape index (κ2) is 7.14. The van der Waals surface area contributed by atoms with Gasteiger partial charge in [-0.05, 0) is 17.7 Å². The van der Waals surface area contributed by atoms with Gasteiger partial charge in [-0.25, -0.2) is 14.6 Å². The largest absolute Gasteiger partial charge is 0.465 e. The molecule has 2 aliphatic rings. The number of cyclic esters (lactones) is 1. The molecule has 0 unspecified atom stereocenters. The van der Waals surface area contributed by atoms with Crippen LogP contribution in [-0.4, -0.2) is 72.5 Å². The second-order valence-electron chi connectivity index (χ2n) is 5.65. The number of piperazine rings is 1. The summed E-state index contributed by atoms with van der Waals surface area (Å²) in [5.41, 5.74) is 9.00. The van der Waals surface area contributed by atoms with E-state index in [2.05, 4.69) is 15.0 Å². The van der Waals surface area contributed by atoms with Crippen molar-refractivity contribution in [3.05, 3.63) is 28.8 Å². The molecule has 1 N–H and O–H groups in total. The number of carboxylic acid groups (broad SMARTS) is 1. The quantitative estimate of drug-likeness (QED) is 0.498. The SMILES string of the molecule is [N-]=[N+]=NC[C@@H]1COC(=O)N1c1ccc(N2CCN(C(=O)O)CC2)nc1. The van der Waals surface area contributed by atoms with Crippen LogP contribution in [0.1, 0.15) is 0 Å². The van der Waals surface area contributed by atoms with E-state index in [-0.39, 0.29) is 19.2 Å². The first-order chi connectivity index (χ1) is 12.1. The summed E-state index contributed by atoms with van der Waals surface area (Å²) >= 11 is 0. The van der Waals surface area contributed by atoms with Crippen LogP contribution in [0.5, 0.6) is 0 Å². The van der Waals surface area contributed by atoms with Gasteiger partial charge in [0.1, 0.15) is 12.4 Å². The lowest BCUT2D eigenvalue weighted by Gasteiger charge is -2.34. The van der Waals surface area contributed by atoms with Crippen molar-refractivity contribution in [2.45, 2.75) is 6.04 Å². The fraction of sp³-hybridized carbons (Fsp3) is 0.500. The van der Waals surface area contributed by atoms with Crippen LogP contribution in [0, 0.1) is 0 Å². The van der Waals surface area contributed by atoms with Crippen LogP contribution >= 0.6 is 0 Å². The Balaban J connectivity index is 1.68. The van der Waals surface area contributed by atoms with Crippen molar-refractivity contribution in [3.8, 4) is 0 Å². The van der Waals surface area contributed by atoms with Crippen LogP contribution in [0.15, 0.2) is 23.4 Å². The molecule has 2 saturated heterocycles. The lowest BCUT2D eigenvalue weighted by molar-refractivity contribution is 0.142. The summed E-state index contributed by atoms with van der Waals surface area (Å²) in [5, 5.41) is 12.5. The van der Waals surface area contributed by atoms with Crippen LogP contribution in [0.25, 0.3) is 10.4 Å². The maximum absolute atomic E-state index is 11.9. The molecule has 11 heteroatoms. The zero-order valence-corrected chi connectivity index (χ0v) is 13.4. The Bertz CT molecular complexity index is 696. The summed E-state index contributed by atoms with van der Waals surface area (Å²) < 4.78 is 5.01. The van der Waals surface area contributed by atoms with Gasteiger partial charge in [0, 0.05) is 31.1 Å². The minimum absolute atomic E-state index is 0.126. The van der Waals surface area contributed by atoms with E-state index in [1.165, 1.54) is 9.80 Å². The highest BCUT2D eigenvalue weighted by Gasteiger charge is 2.34. The first kappa shape index (κ1) is 16.7. The van der Waals surface area contributed by atoms with Gasteiger partial charge in [-0.15, -0.1) is 0 Å². The Kier molecular flexibility index (Phi) is 4.75. The number of azide groups is 1. The Morgan fingerprint density at radius 1 is 1.40 bits per heavy atom. The molecule has 0 saturated carbocycles. The smallest absolute Gasteiger partial charge is 0.414 e. The average molecular weight is 347 g/mol. The molecule has 1 aromatic rings. The van der Waals surface area contributed by atoms with Gasteiger partial charge >= 0.3 is 12.2 Å². The fourth-order valence-corrected chi connectivity index (χ4v) is 2.88. The Labute approximate surface area is 143 Å². The van der Waals surface area contributed by atoms with Gasteiger partial charge in [-0.2, -0.15) is 0 Å². The van der Waals surface area contributed by atoms with Crippen LogP contribution in [0.3, 0.4) is 0 Å². The highest BCUT2D eigenvalue weighted by molar-refractivity contribution is 5.90. The molecular formula is C14H17N7O4. The summed E-state index contributed by atoms with van der Waals surface area (Å²) in [4.78, 5) is 34.7. The van der Waals surface area contributed by atoms with E-state index in [1.807, 2.05) is 4.90 Å². The molecule has 132 valence electrons. The number of anilines is 2. The van der Waals surface area contributed by atoms with Crippen molar-refractivity contribution in [1.29, 1.82) is 0 Å². The number of hydrogen-bond donors (Lipinski definition) is 1. The van der Waals surface area contributed by atoms with Gasteiger partial charge in [0.05, 0.1) is 24.5 Å². The van der Waals surface area contributed by atoms with E-state index in [0.717, 1.165) is 0 Å². The van der Waals surface area contributed by atoms with E-state index in [0.29, 0.717) is 37.7 Å². The maximum Gasteiger partial charge on any atom is 0.414 e. The van der Waals surface area contributed by atoms with Crippen LogP contribution < -0.4 is 9.80 Å². The highest BCUT2D eigenvalue weighted by Crippen LogP contribution is 2.25. The van der Waals surface area contributed by atoms with Crippen LogP contribution in [0.4, 0.5) is 21.1 Å². The molecule has 3 heterocycles. The van der Waals surface area contributed by atoms with Crippen molar-refractivity contribution in [3.63, 3.8) is 0 Å². The van der Waals surface area contributed by atoms with Crippen molar-refractivity contribution in [2.75, 3.05) is 49.1 Å². The number of hydrogen-bond acceptors (Lipinski definition) is 6. The standard InChI is InChI=1S/C14H17N7O4/c15-18-17-8-11-9-25-14(24)21(11)10-1-2-12(16-7-10)19-3-5-20(6-4-19)13(22)23/h1-2,7,11H,3-6,8-9H2,(H,22,23)/t11-/m1/s1. The number of amides is 2. The summed E-state index contributed by atoms with van der Waals surface area (Å²) in [6.45, 7) is 2.25. The van der Waals surface area contributed by atoms with E-state index >= 15 is 0 Å². The van der Waals surface area contributed by atoms with E-state index in [1.54, 1.807) is 18.3 Å². The lowest BCUT2D eigenvalue weighted by atomic mass is 10.2. The Morgan fingerprint density at radius 2 is 2.16 bits per heavy atom. The molecular weight excluding hydrogens is 330 g/mol. The van der Waals surface area contributed by atoms with Crippen LogP contribution in [-0.2, 0) is 4.74 Å². The molecule has 0 spiro atoms. The third-order valence-electron chi connectivity index (χ3n) is 4.20. The number of carbonyl (C=O) groups is 2. The summed E-state index contributed by atoms with van der Waals surface area (Å²) in [6.07, 6.45) is 0.151. The minimum atomic E-state index is -0.915. The Hall–Kier alpha value is -3.20. The number of carbonyl (C=O) groups excluding carboxylic acids is 1. The van der Waals surface area contributed by atoms with Gasteiger partial charge in [0.25, 0.3) is 0 Å². The number of aromatic nitrogens is 1. The van der Waals surface area contributed by atoms with Crippen molar-refractivity contribution in [2.24, 2.45) is 5.11 Å². The summed E-state index contributed by atoms with van der Waals surface area (Å²) in [7, 11) is 0. The minimum Gasteiger partial charge on any atom is -0.465 e. The van der Waals surface area contributed by atoms with Gasteiger partial charge in [-0.3, -0.25) is 4.90 Å². The molecule has 1 atom stereocenters. The first-order valence-corrected chi connectivity index (χ1v) is 7.76. The zero-order chi connectivity index (χ0) is 17.8. The normalized spacial score (nSPS) is 20.2. The number of nitrogens with zero attached hydrogens (tertiary/aromatic N) is 7. The third kappa shape index (κ3) is 3.50. The molecule has 0 radical (unpaired) electrons. The Morgan fingerprint density at radius 3 is 2.76 bits per heavy atom. The molecule has 11 nitrogen and oxygen atoms in total. The predicted octanol–water partition coefficient (Wildman–Crippen LogP) is 1.52.